The highest BCUT2D eigenvalue weighted by molar-refractivity contribution is 7.05. The van der Waals surface area contributed by atoms with Crippen molar-refractivity contribution in [3.05, 3.63) is 51.5 Å². The van der Waals surface area contributed by atoms with Crippen molar-refractivity contribution in [2.75, 3.05) is 0 Å². The Labute approximate surface area is 108 Å². The van der Waals surface area contributed by atoms with Gasteiger partial charge in [-0.25, -0.2) is 4.79 Å². The van der Waals surface area contributed by atoms with Gasteiger partial charge < -0.3 is 5.11 Å². The molecule has 3 nitrogen and oxygen atoms in total. The average Bonchev–Trinajstić information content (AvgIpc) is 2.77. The Hall–Kier alpha value is -1.39. The normalized spacial score (nSPS) is 10.4. The van der Waals surface area contributed by atoms with Gasteiger partial charge in [0.15, 0.2) is 5.69 Å². The molecule has 17 heavy (non-hydrogen) atoms. The van der Waals surface area contributed by atoms with Crippen LogP contribution in [0.2, 0.25) is 5.02 Å². The second-order valence-electron chi connectivity index (χ2n) is 3.58. The smallest absolute Gasteiger partial charge is 0.355 e. The van der Waals surface area contributed by atoms with Crippen molar-refractivity contribution in [3.63, 3.8) is 0 Å². The summed E-state index contributed by atoms with van der Waals surface area (Å²) in [5.41, 5.74) is 1.18. The highest BCUT2D eigenvalue weighted by Gasteiger charge is 2.09. The second kappa shape index (κ2) is 5.29. The van der Waals surface area contributed by atoms with Gasteiger partial charge in [-0.2, -0.15) is 4.37 Å². The van der Waals surface area contributed by atoms with Crippen LogP contribution in [0, 0.1) is 0 Å². The van der Waals surface area contributed by atoms with Gasteiger partial charge in [0.05, 0.1) is 0 Å². The molecule has 0 radical (unpaired) electrons. The van der Waals surface area contributed by atoms with E-state index >= 15 is 0 Å². The van der Waals surface area contributed by atoms with Crippen LogP contribution in [0.15, 0.2) is 30.3 Å². The van der Waals surface area contributed by atoms with Gasteiger partial charge in [-0.1, -0.05) is 29.8 Å². The summed E-state index contributed by atoms with van der Waals surface area (Å²) in [4.78, 5) is 11.6. The molecule has 0 amide bonds. The number of aromatic carboxylic acids is 1. The summed E-state index contributed by atoms with van der Waals surface area (Å²) in [6, 6.07) is 9.27. The Morgan fingerprint density at radius 2 is 2.12 bits per heavy atom. The van der Waals surface area contributed by atoms with Gasteiger partial charge in [-0.05, 0) is 42.1 Å². The van der Waals surface area contributed by atoms with Gasteiger partial charge in [-0.15, -0.1) is 0 Å². The first kappa shape index (κ1) is 12.1. The summed E-state index contributed by atoms with van der Waals surface area (Å²) in [5.74, 6) is -0.981. The zero-order chi connectivity index (χ0) is 12.3. The predicted octanol–water partition coefficient (Wildman–Crippen LogP) is 3.28. The molecule has 0 spiro atoms. The highest BCUT2D eigenvalue weighted by atomic mass is 35.5. The first-order chi connectivity index (χ1) is 8.16. The third-order valence-electron chi connectivity index (χ3n) is 2.38. The van der Waals surface area contributed by atoms with Gasteiger partial charge >= 0.3 is 5.97 Å². The first-order valence-electron chi connectivity index (χ1n) is 5.09. The number of carbonyl (C=O) groups is 1. The van der Waals surface area contributed by atoms with E-state index in [-0.39, 0.29) is 5.69 Å². The average molecular weight is 268 g/mol. The van der Waals surface area contributed by atoms with Crippen LogP contribution >= 0.6 is 23.1 Å². The van der Waals surface area contributed by atoms with Gasteiger partial charge in [-0.3, -0.25) is 0 Å². The lowest BCUT2D eigenvalue weighted by atomic mass is 10.1. The maximum Gasteiger partial charge on any atom is 0.355 e. The molecule has 0 saturated heterocycles. The standard InChI is InChI=1S/C12H10ClNO2S/c13-10-4-2-1-3-8(10)5-6-9-7-11(12(15)16)14-17-9/h1-4,7H,5-6H2,(H,15,16). The molecule has 0 bridgehead atoms. The Balaban J connectivity index is 2.02. The summed E-state index contributed by atoms with van der Waals surface area (Å²) in [6.07, 6.45) is 1.55. The molecule has 0 saturated carbocycles. The SMILES string of the molecule is O=C(O)c1cc(CCc2ccccc2Cl)sn1. The van der Waals surface area contributed by atoms with Crippen LogP contribution in [0.4, 0.5) is 0 Å². The fraction of sp³-hybridized carbons (Fsp3) is 0.167. The van der Waals surface area contributed by atoms with E-state index in [9.17, 15) is 4.79 Å². The first-order valence-corrected chi connectivity index (χ1v) is 6.24. The highest BCUT2D eigenvalue weighted by Crippen LogP contribution is 2.19. The van der Waals surface area contributed by atoms with Crippen LogP contribution in [0.1, 0.15) is 20.9 Å². The minimum atomic E-state index is -0.981. The van der Waals surface area contributed by atoms with Crippen molar-refractivity contribution in [3.8, 4) is 0 Å². The number of hydrogen-bond donors (Lipinski definition) is 1. The maximum atomic E-state index is 10.7. The lowest BCUT2D eigenvalue weighted by molar-refractivity contribution is 0.0692. The number of benzene rings is 1. The predicted molar refractivity (Wildman–Crippen MR) is 67.9 cm³/mol. The Bertz CT molecular complexity index is 539. The molecule has 0 fully saturated rings. The fourth-order valence-corrected chi connectivity index (χ4v) is 2.42. The largest absolute Gasteiger partial charge is 0.476 e. The van der Waals surface area contributed by atoms with E-state index in [2.05, 4.69) is 4.37 Å². The van der Waals surface area contributed by atoms with Gasteiger partial charge in [0.1, 0.15) is 0 Å². The number of nitrogens with zero attached hydrogens (tertiary/aromatic N) is 1. The molecule has 1 heterocycles. The summed E-state index contributed by atoms with van der Waals surface area (Å²) >= 11 is 7.27. The quantitative estimate of drug-likeness (QED) is 0.925. The molecule has 88 valence electrons. The minimum Gasteiger partial charge on any atom is -0.476 e. The fourth-order valence-electron chi connectivity index (χ4n) is 1.49. The third kappa shape index (κ3) is 3.05. The molecule has 0 unspecified atom stereocenters. The maximum absolute atomic E-state index is 10.7. The Kier molecular flexibility index (Phi) is 3.76. The van der Waals surface area contributed by atoms with E-state index in [1.54, 1.807) is 6.07 Å². The molecule has 0 aliphatic heterocycles. The number of rotatable bonds is 4. The van der Waals surface area contributed by atoms with E-state index in [1.165, 1.54) is 11.5 Å². The third-order valence-corrected chi connectivity index (χ3v) is 3.59. The molecule has 1 aromatic carbocycles. The van der Waals surface area contributed by atoms with Gasteiger partial charge in [0.25, 0.3) is 0 Å². The van der Waals surface area contributed by atoms with Crippen LogP contribution in [0.5, 0.6) is 0 Å². The summed E-state index contributed by atoms with van der Waals surface area (Å²) in [7, 11) is 0. The van der Waals surface area contributed by atoms with Gasteiger partial charge in [0, 0.05) is 9.90 Å². The van der Waals surface area contributed by atoms with Crippen molar-refractivity contribution in [2.45, 2.75) is 12.8 Å². The second-order valence-corrected chi connectivity index (χ2v) is 4.87. The number of carboxylic acid groups (broad SMARTS) is 1. The van der Waals surface area contributed by atoms with E-state index < -0.39 is 5.97 Å². The topological polar surface area (TPSA) is 50.2 Å². The summed E-state index contributed by atoms with van der Waals surface area (Å²) < 4.78 is 3.86. The molecule has 5 heteroatoms. The molecule has 2 rings (SSSR count). The van der Waals surface area contributed by atoms with Crippen molar-refractivity contribution >= 4 is 29.1 Å². The number of halogens is 1. The lowest BCUT2D eigenvalue weighted by Gasteiger charge is -2.01. The summed E-state index contributed by atoms with van der Waals surface area (Å²) in [6.45, 7) is 0. The van der Waals surface area contributed by atoms with Gasteiger partial charge in [0.2, 0.25) is 0 Å². The molecule has 0 atom stereocenters. The lowest BCUT2D eigenvalue weighted by Crippen LogP contribution is -1.95. The molecule has 2 aromatic rings. The number of hydrogen-bond acceptors (Lipinski definition) is 3. The van der Waals surface area contributed by atoms with Crippen LogP contribution in [0.3, 0.4) is 0 Å². The molecule has 1 N–H and O–H groups in total. The molecule has 0 aliphatic rings. The van der Waals surface area contributed by atoms with Crippen LogP contribution < -0.4 is 0 Å². The van der Waals surface area contributed by atoms with Crippen LogP contribution in [-0.2, 0) is 12.8 Å². The van der Waals surface area contributed by atoms with Crippen molar-refractivity contribution < 1.29 is 9.90 Å². The Morgan fingerprint density at radius 3 is 2.76 bits per heavy atom. The van der Waals surface area contributed by atoms with Crippen LogP contribution in [0.25, 0.3) is 0 Å². The number of aromatic nitrogens is 1. The van der Waals surface area contributed by atoms with Crippen LogP contribution in [-0.4, -0.2) is 15.4 Å². The minimum absolute atomic E-state index is 0.115. The zero-order valence-corrected chi connectivity index (χ0v) is 10.5. The number of carboxylic acids is 1. The van der Waals surface area contributed by atoms with Crippen molar-refractivity contribution in [2.24, 2.45) is 0 Å². The van der Waals surface area contributed by atoms with Crippen molar-refractivity contribution in [1.29, 1.82) is 0 Å². The Morgan fingerprint density at radius 1 is 1.35 bits per heavy atom. The van der Waals surface area contributed by atoms with Crippen molar-refractivity contribution in [1.82, 2.24) is 4.37 Å². The van der Waals surface area contributed by atoms with E-state index in [4.69, 9.17) is 16.7 Å². The molecular weight excluding hydrogens is 258 g/mol. The molecule has 0 aliphatic carbocycles. The van der Waals surface area contributed by atoms with E-state index in [0.29, 0.717) is 0 Å². The van der Waals surface area contributed by atoms with E-state index in [0.717, 1.165) is 28.3 Å². The zero-order valence-electron chi connectivity index (χ0n) is 8.89. The molecular formula is C12H10ClNO2S. The number of aryl methyl sites for hydroxylation is 2. The monoisotopic (exact) mass is 267 g/mol. The summed E-state index contributed by atoms with van der Waals surface area (Å²) in [5, 5.41) is 9.50. The molecule has 1 aromatic heterocycles. The van der Waals surface area contributed by atoms with E-state index in [1.807, 2.05) is 24.3 Å².